The summed E-state index contributed by atoms with van der Waals surface area (Å²) in [5.41, 5.74) is 2.20. The molecule has 0 heterocycles. The predicted molar refractivity (Wildman–Crippen MR) is 105 cm³/mol. The first-order valence-corrected chi connectivity index (χ1v) is 9.29. The molecule has 2 rings (SSSR count). The van der Waals surface area contributed by atoms with E-state index in [9.17, 15) is 4.79 Å². The fourth-order valence-corrected chi connectivity index (χ4v) is 2.61. The summed E-state index contributed by atoms with van der Waals surface area (Å²) in [5.74, 6) is 0.908. The maximum absolute atomic E-state index is 12.0. The minimum absolute atomic E-state index is 0.107. The molecule has 0 unspecified atom stereocenters. The van der Waals surface area contributed by atoms with Gasteiger partial charge in [-0.1, -0.05) is 36.4 Å². The Morgan fingerprint density at radius 1 is 0.821 bits per heavy atom. The molecule has 6 heteroatoms. The highest BCUT2D eigenvalue weighted by Crippen LogP contribution is 2.29. The maximum atomic E-state index is 12.0. The van der Waals surface area contributed by atoms with Gasteiger partial charge in [-0.25, -0.2) is 0 Å². The molecule has 2 aromatic rings. The van der Waals surface area contributed by atoms with Gasteiger partial charge < -0.3 is 23.7 Å². The summed E-state index contributed by atoms with van der Waals surface area (Å²) in [6, 6.07) is 15.7. The van der Waals surface area contributed by atoms with Gasteiger partial charge in [-0.05, 0) is 42.5 Å². The first-order valence-electron chi connectivity index (χ1n) is 9.29. The Balaban J connectivity index is 1.76. The van der Waals surface area contributed by atoms with Crippen LogP contribution in [-0.2, 0) is 31.8 Å². The fourth-order valence-electron chi connectivity index (χ4n) is 2.61. The molecule has 28 heavy (non-hydrogen) atoms. The van der Waals surface area contributed by atoms with Crippen molar-refractivity contribution in [3.63, 3.8) is 0 Å². The van der Waals surface area contributed by atoms with Crippen molar-refractivity contribution in [3.8, 4) is 11.5 Å². The van der Waals surface area contributed by atoms with Crippen LogP contribution in [0.1, 0.15) is 24.0 Å². The van der Waals surface area contributed by atoms with Crippen LogP contribution in [0.5, 0.6) is 11.5 Å². The van der Waals surface area contributed by atoms with Gasteiger partial charge in [0.25, 0.3) is 0 Å². The van der Waals surface area contributed by atoms with Crippen LogP contribution in [0.4, 0.5) is 0 Å². The molecule has 2 aromatic carbocycles. The molecular weight excluding hydrogens is 360 g/mol. The van der Waals surface area contributed by atoms with Crippen LogP contribution >= 0.6 is 0 Å². The van der Waals surface area contributed by atoms with Gasteiger partial charge in [-0.15, -0.1) is 0 Å². The molecule has 0 saturated carbocycles. The lowest BCUT2D eigenvalue weighted by Gasteiger charge is -2.13. The number of carbonyl (C=O) groups is 1. The van der Waals surface area contributed by atoms with Crippen LogP contribution in [-0.4, -0.2) is 40.4 Å². The number of carbonyl (C=O) groups excluding carboxylic acids is 1. The lowest BCUT2D eigenvalue weighted by molar-refractivity contribution is -0.143. The summed E-state index contributed by atoms with van der Waals surface area (Å²) in [5, 5.41) is 0. The van der Waals surface area contributed by atoms with Crippen molar-refractivity contribution in [2.75, 3.05) is 34.4 Å². The summed E-state index contributed by atoms with van der Waals surface area (Å²) < 4.78 is 26.2. The van der Waals surface area contributed by atoms with Gasteiger partial charge in [0.05, 0.1) is 6.61 Å². The van der Waals surface area contributed by atoms with E-state index in [1.807, 2.05) is 30.3 Å². The smallest absolute Gasteiger partial charge is 0.306 e. The Labute approximate surface area is 166 Å². The summed E-state index contributed by atoms with van der Waals surface area (Å²) in [6.45, 7) is 0.661. The van der Waals surface area contributed by atoms with E-state index >= 15 is 0 Å². The molecule has 0 N–H and O–H groups in total. The second-order valence-electron chi connectivity index (χ2n) is 6.19. The summed E-state index contributed by atoms with van der Waals surface area (Å²) in [7, 11) is 3.10. The largest absolute Gasteiger partial charge is 0.466 e. The van der Waals surface area contributed by atoms with Crippen molar-refractivity contribution < 1.29 is 28.5 Å². The molecule has 0 aromatic heterocycles. The van der Waals surface area contributed by atoms with E-state index in [0.717, 1.165) is 18.4 Å². The molecule has 0 amide bonds. The normalized spacial score (nSPS) is 10.5. The Morgan fingerprint density at radius 3 is 2.25 bits per heavy atom. The van der Waals surface area contributed by atoms with Crippen molar-refractivity contribution in [1.82, 2.24) is 0 Å². The monoisotopic (exact) mass is 388 g/mol. The van der Waals surface area contributed by atoms with Crippen molar-refractivity contribution >= 4 is 5.97 Å². The zero-order valence-corrected chi connectivity index (χ0v) is 16.5. The van der Waals surface area contributed by atoms with Crippen LogP contribution in [0.15, 0.2) is 48.5 Å². The topological polar surface area (TPSA) is 63.2 Å². The Morgan fingerprint density at radius 2 is 1.54 bits per heavy atom. The van der Waals surface area contributed by atoms with Crippen molar-refractivity contribution in [3.05, 3.63) is 59.7 Å². The van der Waals surface area contributed by atoms with E-state index in [1.54, 1.807) is 20.3 Å². The number of benzene rings is 2. The molecule has 0 aliphatic carbocycles. The molecule has 0 atom stereocenters. The van der Waals surface area contributed by atoms with Gasteiger partial charge in [0.15, 0.2) is 25.1 Å². The van der Waals surface area contributed by atoms with Gasteiger partial charge >= 0.3 is 5.97 Å². The molecular formula is C22H28O6. The van der Waals surface area contributed by atoms with E-state index in [2.05, 4.69) is 12.1 Å². The number of methoxy groups -OCH3 is 2. The number of hydrogen-bond acceptors (Lipinski definition) is 6. The first-order chi connectivity index (χ1) is 13.7. The first kappa shape index (κ1) is 21.7. The molecule has 152 valence electrons. The standard InChI is InChI=1S/C22H28O6/c1-24-16-27-20-12-10-19(15-21(20)28-17-25-2)11-13-22(23)26-14-6-9-18-7-4-3-5-8-18/h3-5,7-8,10,12,15H,6,9,11,13-14,16-17H2,1-2H3. The molecule has 0 aliphatic rings. The average Bonchev–Trinajstić information content (AvgIpc) is 2.73. The highest BCUT2D eigenvalue weighted by Gasteiger charge is 2.09. The minimum atomic E-state index is -0.202. The second kappa shape index (κ2) is 12.8. The number of ether oxygens (including phenoxy) is 5. The Bertz CT molecular complexity index is 701. The third kappa shape index (κ3) is 7.98. The van der Waals surface area contributed by atoms with Gasteiger partial charge in [0.2, 0.25) is 0 Å². The molecule has 0 radical (unpaired) electrons. The highest BCUT2D eigenvalue weighted by atomic mass is 16.7. The third-order valence-corrected chi connectivity index (χ3v) is 4.01. The van der Waals surface area contributed by atoms with E-state index in [4.69, 9.17) is 23.7 Å². The van der Waals surface area contributed by atoms with Crippen LogP contribution < -0.4 is 9.47 Å². The van der Waals surface area contributed by atoms with E-state index in [1.165, 1.54) is 5.56 Å². The van der Waals surface area contributed by atoms with Crippen molar-refractivity contribution in [2.45, 2.75) is 25.7 Å². The SMILES string of the molecule is COCOc1ccc(CCC(=O)OCCCc2ccccc2)cc1OCOC. The van der Waals surface area contributed by atoms with Crippen LogP contribution in [0, 0.1) is 0 Å². The number of hydrogen-bond donors (Lipinski definition) is 0. The van der Waals surface area contributed by atoms with Crippen molar-refractivity contribution in [1.29, 1.82) is 0 Å². The van der Waals surface area contributed by atoms with Crippen LogP contribution in [0.2, 0.25) is 0 Å². The highest BCUT2D eigenvalue weighted by molar-refractivity contribution is 5.69. The van der Waals surface area contributed by atoms with Crippen LogP contribution in [0.3, 0.4) is 0 Å². The van der Waals surface area contributed by atoms with Gasteiger partial charge in [0, 0.05) is 20.6 Å². The Hall–Kier alpha value is -2.57. The number of aryl methyl sites for hydroxylation is 2. The van der Waals surface area contributed by atoms with E-state index in [-0.39, 0.29) is 19.6 Å². The quantitative estimate of drug-likeness (QED) is 0.296. The number of esters is 1. The Kier molecular flexibility index (Phi) is 9.89. The van der Waals surface area contributed by atoms with Gasteiger partial charge in [-0.3, -0.25) is 4.79 Å². The lowest BCUT2D eigenvalue weighted by Crippen LogP contribution is -2.08. The zero-order chi connectivity index (χ0) is 20.0. The predicted octanol–water partition coefficient (Wildman–Crippen LogP) is 3.76. The van der Waals surface area contributed by atoms with Crippen molar-refractivity contribution in [2.24, 2.45) is 0 Å². The molecule has 0 fully saturated rings. The van der Waals surface area contributed by atoms with E-state index < -0.39 is 0 Å². The van der Waals surface area contributed by atoms with E-state index in [0.29, 0.717) is 30.9 Å². The summed E-state index contributed by atoms with van der Waals surface area (Å²) in [6.07, 6.45) is 2.59. The maximum Gasteiger partial charge on any atom is 0.306 e. The second-order valence-corrected chi connectivity index (χ2v) is 6.19. The van der Waals surface area contributed by atoms with Crippen LogP contribution in [0.25, 0.3) is 0 Å². The summed E-state index contributed by atoms with van der Waals surface area (Å²) >= 11 is 0. The molecule has 0 bridgehead atoms. The zero-order valence-electron chi connectivity index (χ0n) is 16.5. The lowest BCUT2D eigenvalue weighted by atomic mass is 10.1. The number of rotatable bonds is 13. The molecule has 6 nitrogen and oxygen atoms in total. The van der Waals surface area contributed by atoms with Gasteiger partial charge in [0.1, 0.15) is 0 Å². The minimum Gasteiger partial charge on any atom is -0.466 e. The average molecular weight is 388 g/mol. The van der Waals surface area contributed by atoms with Gasteiger partial charge in [-0.2, -0.15) is 0 Å². The third-order valence-electron chi connectivity index (χ3n) is 4.01. The summed E-state index contributed by atoms with van der Waals surface area (Å²) in [4.78, 5) is 12.0. The molecule has 0 aliphatic heterocycles. The fraction of sp³-hybridized carbons (Fsp3) is 0.409. The molecule has 0 spiro atoms. The molecule has 0 saturated heterocycles.